The van der Waals surface area contributed by atoms with Gasteiger partial charge in [0.1, 0.15) is 0 Å². The molecule has 1 unspecified atom stereocenters. The molecule has 1 aromatic heterocycles. The topological polar surface area (TPSA) is 35.5 Å². The van der Waals surface area contributed by atoms with Gasteiger partial charge in [0, 0.05) is 15.3 Å². The van der Waals surface area contributed by atoms with E-state index in [1.54, 1.807) is 11.3 Å². The summed E-state index contributed by atoms with van der Waals surface area (Å²) in [6.07, 6.45) is 3.75. The average Bonchev–Trinajstić information content (AvgIpc) is 2.99. The molecular formula is C26H34O3S. The number of allylic oxidation sites excluding steroid dienone is 2. The van der Waals surface area contributed by atoms with Crippen molar-refractivity contribution in [1.82, 2.24) is 0 Å². The van der Waals surface area contributed by atoms with Gasteiger partial charge < -0.3 is 9.47 Å². The van der Waals surface area contributed by atoms with Crippen molar-refractivity contribution >= 4 is 28.5 Å². The van der Waals surface area contributed by atoms with Gasteiger partial charge in [0.05, 0.1) is 12.2 Å². The van der Waals surface area contributed by atoms with Crippen molar-refractivity contribution in [2.45, 2.75) is 78.9 Å². The molecule has 0 saturated carbocycles. The highest BCUT2D eigenvalue weighted by molar-refractivity contribution is 7.12. The van der Waals surface area contributed by atoms with Crippen LogP contribution in [-0.4, -0.2) is 18.2 Å². The minimum absolute atomic E-state index is 0.299. The first-order chi connectivity index (χ1) is 14.2. The normalized spacial score (nSPS) is 15.9. The van der Waals surface area contributed by atoms with Crippen molar-refractivity contribution in [3.05, 3.63) is 56.8 Å². The molecule has 0 aliphatic heterocycles. The van der Waals surface area contributed by atoms with Gasteiger partial charge in [-0.1, -0.05) is 30.3 Å². The monoisotopic (exact) mass is 426 g/mol. The number of hydrogen-bond donors (Lipinski definition) is 0. The molecule has 1 atom stereocenters. The highest BCUT2D eigenvalue weighted by Crippen LogP contribution is 2.46. The number of ether oxygens (including phenoxy) is 2. The Morgan fingerprint density at radius 3 is 2.27 bits per heavy atom. The molecule has 30 heavy (non-hydrogen) atoms. The lowest BCUT2D eigenvalue weighted by molar-refractivity contribution is -0.166. The van der Waals surface area contributed by atoms with Crippen LogP contribution >= 0.6 is 11.3 Å². The predicted molar refractivity (Wildman–Crippen MR) is 126 cm³/mol. The summed E-state index contributed by atoms with van der Waals surface area (Å²) in [5, 5.41) is 0. The van der Waals surface area contributed by atoms with E-state index in [0.717, 1.165) is 23.3 Å². The van der Waals surface area contributed by atoms with Crippen LogP contribution in [0.3, 0.4) is 0 Å². The van der Waals surface area contributed by atoms with Gasteiger partial charge in [0.25, 0.3) is 0 Å². The van der Waals surface area contributed by atoms with Gasteiger partial charge in [-0.25, -0.2) is 4.79 Å². The predicted octanol–water partition coefficient (Wildman–Crippen LogP) is 7.27. The zero-order valence-electron chi connectivity index (χ0n) is 19.1. The van der Waals surface area contributed by atoms with E-state index in [4.69, 9.17) is 9.47 Å². The van der Waals surface area contributed by atoms with Crippen LogP contribution in [0, 0.1) is 13.8 Å². The summed E-state index contributed by atoms with van der Waals surface area (Å²) in [6.45, 7) is 12.4. The van der Waals surface area contributed by atoms with Crippen molar-refractivity contribution in [3.8, 4) is 0 Å². The lowest BCUT2D eigenvalue weighted by Gasteiger charge is -2.29. The molecule has 0 amide bonds. The molecule has 2 aromatic rings. The number of esters is 1. The van der Waals surface area contributed by atoms with Crippen molar-refractivity contribution in [1.29, 1.82) is 0 Å². The van der Waals surface area contributed by atoms with Gasteiger partial charge in [-0.3, -0.25) is 0 Å². The summed E-state index contributed by atoms with van der Waals surface area (Å²) >= 11 is 1.75. The fraction of sp³-hybridized carbons (Fsp3) is 0.500. The van der Waals surface area contributed by atoms with Crippen LogP contribution in [0.1, 0.15) is 85.9 Å². The maximum absolute atomic E-state index is 13.0. The van der Waals surface area contributed by atoms with Gasteiger partial charge in [-0.15, -0.1) is 11.3 Å². The van der Waals surface area contributed by atoms with Crippen molar-refractivity contribution < 1.29 is 14.3 Å². The van der Waals surface area contributed by atoms with Crippen LogP contribution in [0.25, 0.3) is 11.1 Å². The summed E-state index contributed by atoms with van der Waals surface area (Å²) in [5.74, 6) is -0.299. The number of carbonyl (C=O) groups is 1. The van der Waals surface area contributed by atoms with Crippen LogP contribution in [0.5, 0.6) is 0 Å². The van der Waals surface area contributed by atoms with Crippen LogP contribution in [0.4, 0.5) is 0 Å². The first kappa shape index (κ1) is 22.8. The third-order valence-corrected chi connectivity index (χ3v) is 6.47. The molecule has 0 saturated heterocycles. The Morgan fingerprint density at radius 1 is 1.03 bits per heavy atom. The summed E-state index contributed by atoms with van der Waals surface area (Å²) in [5.41, 5.74) is 5.80. The number of thiophene rings is 1. The molecule has 3 rings (SSSR count). The summed E-state index contributed by atoms with van der Waals surface area (Å²) in [4.78, 5) is 15.4. The summed E-state index contributed by atoms with van der Waals surface area (Å²) < 4.78 is 11.8. The molecule has 0 spiro atoms. The largest absolute Gasteiger partial charge is 0.464 e. The Hall–Kier alpha value is -1.91. The molecule has 1 aliphatic rings. The maximum Gasteiger partial charge on any atom is 0.340 e. The van der Waals surface area contributed by atoms with Crippen molar-refractivity contribution in [3.63, 3.8) is 0 Å². The zero-order chi connectivity index (χ0) is 21.9. The summed E-state index contributed by atoms with van der Waals surface area (Å²) in [6, 6.07) is 10.7. The molecule has 1 aliphatic carbocycles. The van der Waals surface area contributed by atoms with Gasteiger partial charge >= 0.3 is 5.97 Å². The molecule has 0 radical (unpaired) electrons. The third-order valence-electron chi connectivity index (χ3n) is 5.43. The molecular weight excluding hydrogens is 392 g/mol. The quantitative estimate of drug-likeness (QED) is 0.456. The van der Waals surface area contributed by atoms with Gasteiger partial charge in [-0.05, 0) is 89.5 Å². The Bertz CT molecular complexity index is 916. The highest BCUT2D eigenvalue weighted by Gasteiger charge is 2.35. The number of hydrogen-bond acceptors (Lipinski definition) is 4. The lowest BCUT2D eigenvalue weighted by Crippen LogP contribution is -2.29. The van der Waals surface area contributed by atoms with E-state index in [1.807, 2.05) is 27.7 Å². The smallest absolute Gasteiger partial charge is 0.340 e. The molecule has 0 fully saturated rings. The van der Waals surface area contributed by atoms with Crippen LogP contribution in [0.15, 0.2) is 30.3 Å². The highest BCUT2D eigenvalue weighted by atomic mass is 32.1. The number of benzene rings is 1. The van der Waals surface area contributed by atoms with Gasteiger partial charge in [0.2, 0.25) is 0 Å². The SMILES string of the molecule is CCOC(=O)C(OC(C)(C)C)c1c(C)sc(C)c1C1=C(c2ccccc2)CCCC1. The van der Waals surface area contributed by atoms with E-state index in [9.17, 15) is 4.79 Å². The van der Waals surface area contributed by atoms with E-state index >= 15 is 0 Å². The fourth-order valence-electron chi connectivity index (χ4n) is 4.33. The second-order valence-corrected chi connectivity index (χ2v) is 10.3. The lowest BCUT2D eigenvalue weighted by atomic mass is 9.82. The fourth-order valence-corrected chi connectivity index (χ4v) is 5.44. The van der Waals surface area contributed by atoms with Crippen molar-refractivity contribution in [2.24, 2.45) is 0 Å². The van der Waals surface area contributed by atoms with E-state index in [-0.39, 0.29) is 5.97 Å². The second-order valence-electron chi connectivity index (χ2n) is 8.90. The number of aryl methyl sites for hydroxylation is 2. The standard InChI is InChI=1S/C26H34O3S/c1-7-28-25(27)24(29-26(4,5)6)23-18(3)30-17(2)22(23)21-16-12-11-15-20(21)19-13-9-8-10-14-19/h8-10,13-14,24H,7,11-12,15-16H2,1-6H3. The Labute approximate surface area is 185 Å². The summed E-state index contributed by atoms with van der Waals surface area (Å²) in [7, 11) is 0. The number of rotatable bonds is 6. The number of carbonyl (C=O) groups excluding carboxylic acids is 1. The molecule has 4 heteroatoms. The third kappa shape index (κ3) is 5.04. The Balaban J connectivity index is 2.21. The molecule has 162 valence electrons. The van der Waals surface area contributed by atoms with Crippen molar-refractivity contribution in [2.75, 3.05) is 6.61 Å². The van der Waals surface area contributed by atoms with Crippen LogP contribution < -0.4 is 0 Å². The minimum atomic E-state index is -0.712. The van der Waals surface area contributed by atoms with E-state index < -0.39 is 11.7 Å². The van der Waals surface area contributed by atoms with Crippen LogP contribution in [0.2, 0.25) is 0 Å². The molecule has 1 aromatic carbocycles. The molecule has 3 nitrogen and oxygen atoms in total. The van der Waals surface area contributed by atoms with Gasteiger partial charge in [0.15, 0.2) is 6.10 Å². The minimum Gasteiger partial charge on any atom is -0.464 e. The zero-order valence-corrected chi connectivity index (χ0v) is 19.9. The van der Waals surface area contributed by atoms with Gasteiger partial charge in [-0.2, -0.15) is 0 Å². The molecule has 0 bridgehead atoms. The first-order valence-corrected chi connectivity index (χ1v) is 11.8. The average molecular weight is 427 g/mol. The second kappa shape index (κ2) is 9.49. The van der Waals surface area contributed by atoms with E-state index in [0.29, 0.717) is 6.61 Å². The Morgan fingerprint density at radius 2 is 1.67 bits per heavy atom. The maximum atomic E-state index is 13.0. The van der Waals surface area contributed by atoms with E-state index in [1.165, 1.54) is 40.0 Å². The Kier molecular flexibility index (Phi) is 7.20. The first-order valence-electron chi connectivity index (χ1n) is 10.9. The van der Waals surface area contributed by atoms with E-state index in [2.05, 4.69) is 44.2 Å². The molecule has 1 heterocycles. The van der Waals surface area contributed by atoms with Crippen LogP contribution in [-0.2, 0) is 14.3 Å². The molecule has 0 N–H and O–H groups in total.